The Balaban J connectivity index is 1.53. The predicted octanol–water partition coefficient (Wildman–Crippen LogP) is 4.30. The molecule has 1 aromatic heterocycles. The van der Waals surface area contributed by atoms with E-state index in [9.17, 15) is 22.4 Å². The van der Waals surface area contributed by atoms with Crippen LogP contribution in [0.15, 0.2) is 23.6 Å². The largest absolute Gasteiger partial charge is 0.434 e. The molecule has 3 rings (SSSR count). The van der Waals surface area contributed by atoms with Crippen molar-refractivity contribution in [3.05, 3.63) is 45.7 Å². The highest BCUT2D eigenvalue weighted by Crippen LogP contribution is 2.31. The highest BCUT2D eigenvalue weighted by atomic mass is 35.5. The van der Waals surface area contributed by atoms with Crippen molar-refractivity contribution in [1.82, 2.24) is 14.8 Å². The molecule has 1 saturated heterocycles. The lowest BCUT2D eigenvalue weighted by atomic mass is 10.2. The van der Waals surface area contributed by atoms with Crippen LogP contribution < -0.4 is 5.32 Å². The number of nitrogens with zero attached hydrogens (tertiary/aromatic N) is 3. The minimum atomic E-state index is -4.54. The molecule has 27 heavy (non-hydrogen) atoms. The maximum atomic E-state index is 13.9. The molecule has 5 nitrogen and oxygen atoms in total. The van der Waals surface area contributed by atoms with Crippen molar-refractivity contribution in [2.45, 2.75) is 12.7 Å². The molecule has 0 atom stereocenters. The van der Waals surface area contributed by atoms with E-state index < -0.39 is 17.9 Å². The molecular formula is C16H15ClF4N4OS. The number of amides is 2. The molecule has 1 aromatic carbocycles. The summed E-state index contributed by atoms with van der Waals surface area (Å²) < 4.78 is 51.5. The van der Waals surface area contributed by atoms with E-state index in [2.05, 4.69) is 10.3 Å². The smallest absolute Gasteiger partial charge is 0.322 e. The van der Waals surface area contributed by atoms with Crippen LogP contribution in [0.4, 0.5) is 27.5 Å². The lowest BCUT2D eigenvalue weighted by Crippen LogP contribution is -2.49. The number of urea groups is 1. The first-order valence-electron chi connectivity index (χ1n) is 7.98. The zero-order valence-corrected chi connectivity index (χ0v) is 15.5. The van der Waals surface area contributed by atoms with Crippen molar-refractivity contribution in [2.24, 2.45) is 0 Å². The van der Waals surface area contributed by atoms with Gasteiger partial charge in [0.15, 0.2) is 10.8 Å². The number of benzene rings is 1. The van der Waals surface area contributed by atoms with Crippen molar-refractivity contribution in [3.63, 3.8) is 0 Å². The van der Waals surface area contributed by atoms with E-state index in [0.29, 0.717) is 43.3 Å². The van der Waals surface area contributed by atoms with Crippen LogP contribution in [0.5, 0.6) is 0 Å². The highest BCUT2D eigenvalue weighted by molar-refractivity contribution is 7.13. The minimum absolute atomic E-state index is 0.104. The summed E-state index contributed by atoms with van der Waals surface area (Å²) in [4.78, 5) is 19.0. The monoisotopic (exact) mass is 422 g/mol. The van der Waals surface area contributed by atoms with Gasteiger partial charge in [-0.2, -0.15) is 13.2 Å². The van der Waals surface area contributed by atoms with Gasteiger partial charge in [0, 0.05) is 48.7 Å². The Morgan fingerprint density at radius 2 is 1.96 bits per heavy atom. The summed E-state index contributed by atoms with van der Waals surface area (Å²) in [6.45, 7) is 2.01. The fraction of sp³-hybridized carbons (Fsp3) is 0.375. The van der Waals surface area contributed by atoms with Gasteiger partial charge in [0.2, 0.25) is 0 Å². The standard InChI is InChI=1S/C16H15ClF4N4OS/c17-11-2-1-3-12(18)10(11)8-24-4-6-25(7-5-24)15(26)23-14-22-13(9-27-14)16(19,20)21/h1-3,9H,4-8H2,(H,22,23,26). The maximum absolute atomic E-state index is 13.9. The molecule has 0 saturated carbocycles. The lowest BCUT2D eigenvalue weighted by molar-refractivity contribution is -0.140. The second-order valence-corrected chi connectivity index (χ2v) is 7.19. The van der Waals surface area contributed by atoms with E-state index >= 15 is 0 Å². The summed E-state index contributed by atoms with van der Waals surface area (Å²) in [5.41, 5.74) is -0.631. The van der Waals surface area contributed by atoms with E-state index in [1.54, 1.807) is 6.07 Å². The van der Waals surface area contributed by atoms with Gasteiger partial charge < -0.3 is 4.90 Å². The fourth-order valence-corrected chi connectivity index (χ4v) is 3.58. The van der Waals surface area contributed by atoms with Crippen molar-refractivity contribution in [1.29, 1.82) is 0 Å². The number of rotatable bonds is 3. The first-order chi connectivity index (χ1) is 12.7. The molecule has 2 heterocycles. The number of hydrogen-bond acceptors (Lipinski definition) is 4. The second-order valence-electron chi connectivity index (χ2n) is 5.93. The summed E-state index contributed by atoms with van der Waals surface area (Å²) in [6.07, 6.45) is -4.54. The number of nitrogens with one attached hydrogen (secondary N) is 1. The quantitative estimate of drug-likeness (QED) is 0.750. The van der Waals surface area contributed by atoms with Gasteiger partial charge in [0.1, 0.15) is 5.82 Å². The molecule has 2 amide bonds. The maximum Gasteiger partial charge on any atom is 0.434 e. The van der Waals surface area contributed by atoms with Crippen LogP contribution in [0.3, 0.4) is 0 Å². The Bertz CT molecular complexity index is 801. The number of anilines is 1. The Hall–Kier alpha value is -1.91. The van der Waals surface area contributed by atoms with Gasteiger partial charge in [0.05, 0.1) is 0 Å². The molecule has 1 aliphatic rings. The Morgan fingerprint density at radius 1 is 1.26 bits per heavy atom. The predicted molar refractivity (Wildman–Crippen MR) is 94.4 cm³/mol. The van der Waals surface area contributed by atoms with Crippen LogP contribution in [-0.2, 0) is 12.7 Å². The third kappa shape index (κ3) is 4.88. The van der Waals surface area contributed by atoms with E-state index in [0.717, 1.165) is 16.7 Å². The Morgan fingerprint density at radius 3 is 2.56 bits per heavy atom. The van der Waals surface area contributed by atoms with Crippen LogP contribution >= 0.6 is 22.9 Å². The van der Waals surface area contributed by atoms with Gasteiger partial charge in [-0.05, 0) is 12.1 Å². The molecule has 146 valence electrons. The average molecular weight is 423 g/mol. The van der Waals surface area contributed by atoms with Crippen molar-refractivity contribution < 1.29 is 22.4 Å². The van der Waals surface area contributed by atoms with Crippen LogP contribution in [0.25, 0.3) is 0 Å². The third-order valence-electron chi connectivity index (χ3n) is 4.11. The summed E-state index contributed by atoms with van der Waals surface area (Å²) in [7, 11) is 0. The van der Waals surface area contributed by atoms with Gasteiger partial charge in [-0.25, -0.2) is 14.2 Å². The number of carbonyl (C=O) groups is 1. The topological polar surface area (TPSA) is 48.5 Å². The number of halogens is 5. The number of piperazine rings is 1. The third-order valence-corrected chi connectivity index (χ3v) is 5.22. The molecular weight excluding hydrogens is 408 g/mol. The first kappa shape index (κ1) is 19.8. The molecule has 0 unspecified atom stereocenters. The zero-order valence-electron chi connectivity index (χ0n) is 13.9. The first-order valence-corrected chi connectivity index (χ1v) is 9.23. The molecule has 1 aliphatic heterocycles. The summed E-state index contributed by atoms with van der Waals surface area (Å²) in [5.74, 6) is -0.382. The highest BCUT2D eigenvalue weighted by Gasteiger charge is 2.34. The van der Waals surface area contributed by atoms with E-state index in [-0.39, 0.29) is 10.9 Å². The van der Waals surface area contributed by atoms with E-state index in [1.807, 2.05) is 4.90 Å². The minimum Gasteiger partial charge on any atom is -0.322 e. The van der Waals surface area contributed by atoms with E-state index in [4.69, 9.17) is 11.6 Å². The van der Waals surface area contributed by atoms with Gasteiger partial charge in [0.25, 0.3) is 0 Å². The fourth-order valence-electron chi connectivity index (χ4n) is 2.65. The molecule has 0 radical (unpaired) electrons. The second kappa shape index (κ2) is 7.99. The Labute approximate surface area is 161 Å². The molecule has 0 aliphatic carbocycles. The van der Waals surface area contributed by atoms with Gasteiger partial charge in [-0.1, -0.05) is 17.7 Å². The van der Waals surface area contributed by atoms with Crippen molar-refractivity contribution >= 4 is 34.1 Å². The van der Waals surface area contributed by atoms with Crippen molar-refractivity contribution in [3.8, 4) is 0 Å². The molecule has 0 bridgehead atoms. The number of alkyl halides is 3. The van der Waals surface area contributed by atoms with Crippen LogP contribution in [0.2, 0.25) is 5.02 Å². The van der Waals surface area contributed by atoms with Gasteiger partial charge in [-0.3, -0.25) is 10.2 Å². The van der Waals surface area contributed by atoms with Gasteiger partial charge in [-0.15, -0.1) is 11.3 Å². The summed E-state index contributed by atoms with van der Waals surface area (Å²) >= 11 is 6.74. The zero-order chi connectivity index (χ0) is 19.6. The molecule has 2 aromatic rings. The van der Waals surface area contributed by atoms with Crippen LogP contribution in [0.1, 0.15) is 11.3 Å². The molecule has 11 heteroatoms. The molecule has 1 fully saturated rings. The molecule has 0 spiro atoms. The number of aromatic nitrogens is 1. The van der Waals surface area contributed by atoms with Crippen molar-refractivity contribution in [2.75, 3.05) is 31.5 Å². The number of hydrogen-bond donors (Lipinski definition) is 1. The number of carbonyl (C=O) groups excluding carboxylic acids is 1. The van der Waals surface area contributed by atoms with Crippen LogP contribution in [-0.4, -0.2) is 47.0 Å². The van der Waals surface area contributed by atoms with Gasteiger partial charge >= 0.3 is 12.2 Å². The SMILES string of the molecule is O=C(Nc1nc(C(F)(F)F)cs1)N1CCN(Cc2c(F)cccc2Cl)CC1. The summed E-state index contributed by atoms with van der Waals surface area (Å²) in [5, 5.41) is 3.48. The average Bonchev–Trinajstić information content (AvgIpc) is 3.08. The lowest BCUT2D eigenvalue weighted by Gasteiger charge is -2.34. The molecule has 1 N–H and O–H groups in total. The van der Waals surface area contributed by atoms with E-state index in [1.165, 1.54) is 17.0 Å². The van der Waals surface area contributed by atoms with Crippen LogP contribution in [0, 0.1) is 5.82 Å². The number of thiazole rings is 1. The normalized spacial score (nSPS) is 15.8. The Kier molecular flexibility index (Phi) is 5.87. The summed E-state index contributed by atoms with van der Waals surface area (Å²) in [6, 6.07) is 3.98.